The van der Waals surface area contributed by atoms with Gasteiger partial charge in [-0.2, -0.15) is 0 Å². The molecule has 180 valence electrons. The van der Waals surface area contributed by atoms with Crippen LogP contribution in [-0.4, -0.2) is 55.1 Å². The molecule has 3 heterocycles. The van der Waals surface area contributed by atoms with Crippen molar-refractivity contribution in [3.05, 3.63) is 65.9 Å². The van der Waals surface area contributed by atoms with E-state index in [1.54, 1.807) is 36.4 Å². The lowest BCUT2D eigenvalue weighted by atomic mass is 9.98. The van der Waals surface area contributed by atoms with Gasteiger partial charge in [0, 0.05) is 30.4 Å². The molecule has 2 aliphatic rings. The van der Waals surface area contributed by atoms with Crippen LogP contribution in [0.15, 0.2) is 49.1 Å². The van der Waals surface area contributed by atoms with Crippen LogP contribution in [0, 0.1) is 0 Å². The number of benzene rings is 1. The summed E-state index contributed by atoms with van der Waals surface area (Å²) < 4.78 is 0. The molecule has 0 saturated carbocycles. The maximum absolute atomic E-state index is 13.1. The summed E-state index contributed by atoms with van der Waals surface area (Å²) in [5, 5.41) is 25.2. The Hall–Kier alpha value is -3.34. The van der Waals surface area contributed by atoms with Crippen molar-refractivity contribution < 1.29 is 19.8 Å². The molecule has 10 nitrogen and oxygen atoms in total. The van der Waals surface area contributed by atoms with Crippen LogP contribution in [0.4, 0.5) is 5.69 Å². The van der Waals surface area contributed by atoms with Gasteiger partial charge in [0.05, 0.1) is 23.5 Å². The van der Waals surface area contributed by atoms with E-state index in [1.807, 2.05) is 25.1 Å². The zero-order valence-electron chi connectivity index (χ0n) is 19.2. The van der Waals surface area contributed by atoms with Crippen LogP contribution >= 0.6 is 0 Å². The molecule has 0 aliphatic carbocycles. The van der Waals surface area contributed by atoms with Gasteiger partial charge in [-0.05, 0) is 44.4 Å². The summed E-state index contributed by atoms with van der Waals surface area (Å²) in [5.74, 6) is 4.42. The maximum Gasteiger partial charge on any atom is 0.255 e. The lowest BCUT2D eigenvalue weighted by Gasteiger charge is -2.37. The first-order chi connectivity index (χ1) is 16.3. The summed E-state index contributed by atoms with van der Waals surface area (Å²) in [4.78, 5) is 35.7. The summed E-state index contributed by atoms with van der Waals surface area (Å²) in [6, 6.07) is 6.40. The molecule has 10 heteroatoms. The highest BCUT2D eigenvalue weighted by Crippen LogP contribution is 2.43. The van der Waals surface area contributed by atoms with Crippen molar-refractivity contribution in [2.75, 3.05) is 5.01 Å². The monoisotopic (exact) mass is 466 g/mol. The van der Waals surface area contributed by atoms with E-state index in [0.29, 0.717) is 6.42 Å². The number of fused-ring (bicyclic) bond motifs is 4. The van der Waals surface area contributed by atoms with Crippen LogP contribution in [0.25, 0.3) is 0 Å². The van der Waals surface area contributed by atoms with E-state index >= 15 is 0 Å². The highest BCUT2D eigenvalue weighted by Gasteiger charge is 2.46. The lowest BCUT2D eigenvalue weighted by molar-refractivity contribution is -0.156. The predicted octanol–water partition coefficient (Wildman–Crippen LogP) is 0.878. The second-order valence-corrected chi connectivity index (χ2v) is 8.72. The third-order valence-electron chi connectivity index (χ3n) is 6.55. The molecule has 1 aromatic carbocycles. The van der Waals surface area contributed by atoms with Crippen molar-refractivity contribution in [2.45, 2.75) is 63.4 Å². The zero-order chi connectivity index (χ0) is 24.4. The van der Waals surface area contributed by atoms with Gasteiger partial charge in [0.1, 0.15) is 6.33 Å². The molecule has 5 N–H and O–H groups in total. The van der Waals surface area contributed by atoms with Crippen molar-refractivity contribution >= 4 is 17.5 Å². The van der Waals surface area contributed by atoms with Gasteiger partial charge in [-0.25, -0.2) is 15.8 Å². The molecule has 2 aromatic rings. The van der Waals surface area contributed by atoms with Crippen molar-refractivity contribution in [1.82, 2.24) is 20.2 Å². The van der Waals surface area contributed by atoms with Crippen LogP contribution in [-0.2, 0) is 16.0 Å². The number of amides is 2. The van der Waals surface area contributed by atoms with Gasteiger partial charge in [-0.15, -0.1) is 0 Å². The van der Waals surface area contributed by atoms with Crippen LogP contribution in [0.5, 0.6) is 0 Å². The van der Waals surface area contributed by atoms with Crippen molar-refractivity contribution in [3.8, 4) is 0 Å². The molecule has 0 radical (unpaired) electrons. The number of hydrazine groups is 1. The van der Waals surface area contributed by atoms with Gasteiger partial charge in [0.15, 0.2) is 12.2 Å². The molecule has 4 unspecified atom stereocenters. The van der Waals surface area contributed by atoms with Crippen LogP contribution in [0.3, 0.4) is 0 Å². The molecule has 2 aliphatic heterocycles. The minimum absolute atomic E-state index is 0.119. The van der Waals surface area contributed by atoms with Gasteiger partial charge in [0.2, 0.25) is 0 Å². The molecule has 1 saturated heterocycles. The van der Waals surface area contributed by atoms with Gasteiger partial charge in [0.25, 0.3) is 11.8 Å². The Kier molecular flexibility index (Phi) is 6.92. The van der Waals surface area contributed by atoms with E-state index in [1.165, 1.54) is 11.3 Å². The SMILES string of the molecule is C/C=C\N(N)c1ccc(C(C)NC(=O)C(O)[C@@H](O)C(=O)N2C3CCC2c2cncnc2C3)cc1. The van der Waals surface area contributed by atoms with Crippen molar-refractivity contribution in [2.24, 2.45) is 5.84 Å². The molecule has 4 rings (SSSR count). The Morgan fingerprint density at radius 3 is 2.68 bits per heavy atom. The Bertz CT molecular complexity index is 1080. The first-order valence-corrected chi connectivity index (χ1v) is 11.4. The number of carbonyl (C=O) groups excluding carboxylic acids is 2. The molecular formula is C24H30N6O4. The largest absolute Gasteiger partial charge is 0.380 e. The molecule has 2 bridgehead atoms. The molecule has 0 spiro atoms. The summed E-state index contributed by atoms with van der Waals surface area (Å²) in [6.45, 7) is 3.61. The number of aliphatic hydroxyl groups is 2. The van der Waals surface area contributed by atoms with Crippen molar-refractivity contribution in [3.63, 3.8) is 0 Å². The number of nitrogens with one attached hydrogen (secondary N) is 1. The fourth-order valence-corrected chi connectivity index (χ4v) is 4.76. The van der Waals surface area contributed by atoms with E-state index in [2.05, 4.69) is 15.3 Å². The summed E-state index contributed by atoms with van der Waals surface area (Å²) >= 11 is 0. The van der Waals surface area contributed by atoms with Crippen LogP contribution < -0.4 is 16.2 Å². The minimum atomic E-state index is -1.89. The number of carbonyl (C=O) groups is 2. The Labute approximate surface area is 198 Å². The van der Waals surface area contributed by atoms with Gasteiger partial charge in [-0.3, -0.25) is 14.6 Å². The number of hydrogen-bond donors (Lipinski definition) is 4. The third kappa shape index (κ3) is 4.52. The summed E-state index contributed by atoms with van der Waals surface area (Å²) in [5.41, 5.74) is 3.31. The van der Waals surface area contributed by atoms with Crippen LogP contribution in [0.2, 0.25) is 0 Å². The van der Waals surface area contributed by atoms with E-state index in [-0.39, 0.29) is 12.1 Å². The first kappa shape index (κ1) is 23.8. The zero-order valence-corrected chi connectivity index (χ0v) is 19.2. The molecule has 1 aromatic heterocycles. The predicted molar refractivity (Wildman–Crippen MR) is 125 cm³/mol. The molecule has 1 fully saturated rings. The van der Waals surface area contributed by atoms with E-state index in [9.17, 15) is 19.8 Å². The third-order valence-corrected chi connectivity index (χ3v) is 6.55. The minimum Gasteiger partial charge on any atom is -0.380 e. The number of rotatable bonds is 7. The summed E-state index contributed by atoms with van der Waals surface area (Å²) in [6.07, 6.45) is 5.02. The second-order valence-electron chi connectivity index (χ2n) is 8.72. The normalized spacial score (nSPS) is 21.6. The highest BCUT2D eigenvalue weighted by molar-refractivity contribution is 5.91. The Morgan fingerprint density at radius 1 is 1.24 bits per heavy atom. The molecule has 34 heavy (non-hydrogen) atoms. The molecule has 2 amide bonds. The standard InChI is InChI=1S/C24H30N6O4/c1-3-10-29(25)16-6-4-15(5-7-16)14(2)28-23(33)21(31)22(32)24(34)30-17-8-9-20(30)18-12-26-13-27-19(18)11-17/h3-7,10,12-14,17,20-22,31-32H,8-9,11,25H2,1-2H3,(H,28,33)/b10-3-/t14?,17?,20?,21?,22-/m1/s1. The number of hydrogen-bond acceptors (Lipinski definition) is 8. The Balaban J connectivity index is 1.39. The average molecular weight is 467 g/mol. The summed E-state index contributed by atoms with van der Waals surface area (Å²) in [7, 11) is 0. The van der Waals surface area contributed by atoms with Crippen molar-refractivity contribution in [1.29, 1.82) is 0 Å². The number of nitrogens with zero attached hydrogens (tertiary/aromatic N) is 4. The van der Waals surface area contributed by atoms with Gasteiger partial charge in [-0.1, -0.05) is 18.2 Å². The quantitative estimate of drug-likeness (QED) is 0.348. The van der Waals surface area contributed by atoms with E-state index in [0.717, 1.165) is 35.3 Å². The number of aliphatic hydroxyl groups excluding tert-OH is 2. The van der Waals surface area contributed by atoms with E-state index < -0.39 is 30.1 Å². The number of anilines is 1. The second kappa shape index (κ2) is 9.88. The lowest BCUT2D eigenvalue weighted by Crippen LogP contribution is -2.53. The fourth-order valence-electron chi connectivity index (χ4n) is 4.76. The number of aromatic nitrogens is 2. The van der Waals surface area contributed by atoms with E-state index in [4.69, 9.17) is 5.84 Å². The number of nitrogens with two attached hydrogens (primary N) is 1. The first-order valence-electron chi connectivity index (χ1n) is 11.4. The van der Waals surface area contributed by atoms with Gasteiger partial charge < -0.3 is 20.4 Å². The highest BCUT2D eigenvalue weighted by atomic mass is 16.3. The number of allylic oxidation sites excluding steroid dienone is 1. The molecule has 5 atom stereocenters. The smallest absolute Gasteiger partial charge is 0.255 e. The van der Waals surface area contributed by atoms with Gasteiger partial charge >= 0.3 is 0 Å². The Morgan fingerprint density at radius 2 is 1.97 bits per heavy atom. The van der Waals surface area contributed by atoms with Crippen LogP contribution in [0.1, 0.15) is 55.6 Å². The topological polar surface area (TPSA) is 145 Å². The average Bonchev–Trinajstić information content (AvgIpc) is 3.16. The maximum atomic E-state index is 13.1. The molecular weight excluding hydrogens is 436 g/mol. The fraction of sp³-hybridized carbons (Fsp3) is 0.417.